The van der Waals surface area contributed by atoms with Crippen LogP contribution in [0.5, 0.6) is 0 Å². The summed E-state index contributed by atoms with van der Waals surface area (Å²) in [5, 5.41) is 2.94. The molecule has 1 atom stereocenters. The van der Waals surface area contributed by atoms with Gasteiger partial charge in [-0.2, -0.15) is 0 Å². The maximum atomic E-state index is 13.0. The number of benzene rings is 2. The Morgan fingerprint density at radius 2 is 1.50 bits per heavy atom. The fourth-order valence-electron chi connectivity index (χ4n) is 2.94. The third-order valence-electron chi connectivity index (χ3n) is 4.33. The van der Waals surface area contributed by atoms with Crippen LogP contribution in [0.15, 0.2) is 60.7 Å². The molecule has 0 heterocycles. The van der Waals surface area contributed by atoms with Crippen LogP contribution in [-0.2, 0) is 22.6 Å². The lowest BCUT2D eigenvalue weighted by Crippen LogP contribution is -2.49. The lowest BCUT2D eigenvalue weighted by atomic mass is 10.1. The molecule has 138 valence electrons. The van der Waals surface area contributed by atoms with Gasteiger partial charge >= 0.3 is 0 Å². The number of carbonyl (C=O) groups is 2. The molecule has 2 rings (SSSR count). The van der Waals surface area contributed by atoms with Crippen LogP contribution in [0.1, 0.15) is 37.8 Å². The summed E-state index contributed by atoms with van der Waals surface area (Å²) in [6.45, 7) is 5.03. The first-order valence-corrected chi connectivity index (χ1v) is 9.30. The lowest BCUT2D eigenvalue weighted by molar-refractivity contribution is -0.140. The van der Waals surface area contributed by atoms with Crippen molar-refractivity contribution in [1.82, 2.24) is 10.2 Å². The van der Waals surface area contributed by atoms with Crippen LogP contribution in [0.3, 0.4) is 0 Å². The van der Waals surface area contributed by atoms with E-state index in [1.807, 2.05) is 74.5 Å². The van der Waals surface area contributed by atoms with Gasteiger partial charge in [-0.3, -0.25) is 9.59 Å². The first-order valence-electron chi connectivity index (χ1n) is 9.30. The minimum atomic E-state index is -0.460. The normalized spacial score (nSPS) is 11.6. The second-order valence-electron chi connectivity index (χ2n) is 6.38. The minimum absolute atomic E-state index is 0.0291. The highest BCUT2D eigenvalue weighted by molar-refractivity contribution is 5.88. The van der Waals surface area contributed by atoms with E-state index in [0.29, 0.717) is 25.9 Å². The van der Waals surface area contributed by atoms with E-state index in [1.54, 1.807) is 4.90 Å². The van der Waals surface area contributed by atoms with Gasteiger partial charge in [0.25, 0.3) is 0 Å². The SMILES string of the molecule is CCCNC(=O)[C@H](CC)N(Cc1ccccc1)C(=O)Cc1ccccc1. The van der Waals surface area contributed by atoms with Crippen molar-refractivity contribution in [1.29, 1.82) is 0 Å². The maximum absolute atomic E-state index is 13.0. The van der Waals surface area contributed by atoms with E-state index in [2.05, 4.69) is 5.32 Å². The van der Waals surface area contributed by atoms with E-state index in [1.165, 1.54) is 0 Å². The Balaban J connectivity index is 2.21. The van der Waals surface area contributed by atoms with Gasteiger partial charge in [-0.25, -0.2) is 0 Å². The van der Waals surface area contributed by atoms with Crippen molar-refractivity contribution in [2.75, 3.05) is 6.54 Å². The van der Waals surface area contributed by atoms with Gasteiger partial charge in [0.15, 0.2) is 0 Å². The third kappa shape index (κ3) is 5.73. The predicted molar refractivity (Wildman–Crippen MR) is 105 cm³/mol. The molecule has 2 aromatic rings. The van der Waals surface area contributed by atoms with Crippen molar-refractivity contribution in [3.8, 4) is 0 Å². The summed E-state index contributed by atoms with van der Waals surface area (Å²) in [7, 11) is 0. The molecule has 0 fully saturated rings. The molecule has 0 bridgehead atoms. The van der Waals surface area contributed by atoms with Crippen LogP contribution in [0.25, 0.3) is 0 Å². The average molecular weight is 352 g/mol. The van der Waals surface area contributed by atoms with Gasteiger partial charge < -0.3 is 10.2 Å². The Hall–Kier alpha value is -2.62. The Morgan fingerprint density at radius 1 is 0.923 bits per heavy atom. The molecule has 4 heteroatoms. The van der Waals surface area contributed by atoms with Gasteiger partial charge in [0.1, 0.15) is 6.04 Å². The smallest absolute Gasteiger partial charge is 0.242 e. The molecule has 4 nitrogen and oxygen atoms in total. The van der Waals surface area contributed by atoms with E-state index in [9.17, 15) is 9.59 Å². The van der Waals surface area contributed by atoms with Crippen molar-refractivity contribution in [2.45, 2.75) is 45.7 Å². The number of nitrogens with one attached hydrogen (secondary N) is 1. The Labute approximate surface area is 156 Å². The summed E-state index contributed by atoms with van der Waals surface area (Å²) in [5.74, 6) is -0.106. The van der Waals surface area contributed by atoms with Gasteiger partial charge in [-0.15, -0.1) is 0 Å². The Kier molecular flexibility index (Phi) is 7.87. The fourth-order valence-corrected chi connectivity index (χ4v) is 2.94. The monoisotopic (exact) mass is 352 g/mol. The van der Waals surface area contributed by atoms with Crippen LogP contribution in [0.2, 0.25) is 0 Å². The Morgan fingerprint density at radius 3 is 2.04 bits per heavy atom. The van der Waals surface area contributed by atoms with Crippen LogP contribution >= 0.6 is 0 Å². The average Bonchev–Trinajstić information content (AvgIpc) is 2.67. The number of hydrogen-bond donors (Lipinski definition) is 1. The van der Waals surface area contributed by atoms with Crippen LogP contribution in [0.4, 0.5) is 0 Å². The molecule has 0 aliphatic carbocycles. The molecule has 0 radical (unpaired) electrons. The first kappa shape index (κ1) is 19.7. The van der Waals surface area contributed by atoms with Crippen LogP contribution in [-0.4, -0.2) is 29.3 Å². The third-order valence-corrected chi connectivity index (χ3v) is 4.33. The van der Waals surface area contributed by atoms with Crippen molar-refractivity contribution >= 4 is 11.8 Å². The zero-order chi connectivity index (χ0) is 18.8. The van der Waals surface area contributed by atoms with Crippen molar-refractivity contribution in [2.24, 2.45) is 0 Å². The van der Waals surface area contributed by atoms with Gasteiger partial charge in [-0.05, 0) is 24.0 Å². The molecular formula is C22H28N2O2. The molecule has 0 aliphatic heterocycles. The summed E-state index contributed by atoms with van der Waals surface area (Å²) in [5.41, 5.74) is 1.98. The van der Waals surface area contributed by atoms with E-state index >= 15 is 0 Å². The molecule has 2 aromatic carbocycles. The Bertz CT molecular complexity index is 686. The standard InChI is InChI=1S/C22H28N2O2/c1-3-15-23-22(26)20(4-2)24(17-19-13-9-6-10-14-19)21(25)16-18-11-7-5-8-12-18/h5-14,20H,3-4,15-17H2,1-2H3,(H,23,26)/t20-/m0/s1. The van der Waals surface area contributed by atoms with Gasteiger partial charge in [0, 0.05) is 13.1 Å². The van der Waals surface area contributed by atoms with E-state index in [0.717, 1.165) is 17.5 Å². The zero-order valence-corrected chi connectivity index (χ0v) is 15.7. The molecular weight excluding hydrogens is 324 g/mol. The molecule has 0 aromatic heterocycles. The summed E-state index contributed by atoms with van der Waals surface area (Å²) in [6, 6.07) is 19.0. The molecule has 0 saturated heterocycles. The molecule has 1 N–H and O–H groups in total. The van der Waals surface area contributed by atoms with Gasteiger partial charge in [-0.1, -0.05) is 74.5 Å². The number of hydrogen-bond acceptors (Lipinski definition) is 2. The van der Waals surface area contributed by atoms with Crippen molar-refractivity contribution < 1.29 is 9.59 Å². The molecule has 0 unspecified atom stereocenters. The quantitative estimate of drug-likeness (QED) is 0.750. The second-order valence-corrected chi connectivity index (χ2v) is 6.38. The van der Waals surface area contributed by atoms with Crippen molar-refractivity contribution in [3.63, 3.8) is 0 Å². The number of amides is 2. The summed E-state index contributed by atoms with van der Waals surface area (Å²) in [6.07, 6.45) is 1.76. The highest BCUT2D eigenvalue weighted by Crippen LogP contribution is 2.14. The molecule has 0 spiro atoms. The predicted octanol–water partition coefficient (Wildman–Crippen LogP) is 3.56. The highest BCUT2D eigenvalue weighted by Gasteiger charge is 2.28. The zero-order valence-electron chi connectivity index (χ0n) is 15.7. The van der Waals surface area contributed by atoms with E-state index in [4.69, 9.17) is 0 Å². The largest absolute Gasteiger partial charge is 0.354 e. The molecule has 2 amide bonds. The van der Waals surface area contributed by atoms with E-state index < -0.39 is 6.04 Å². The van der Waals surface area contributed by atoms with Gasteiger partial charge in [0.05, 0.1) is 6.42 Å². The number of carbonyl (C=O) groups excluding carboxylic acids is 2. The maximum Gasteiger partial charge on any atom is 0.242 e. The van der Waals surface area contributed by atoms with Gasteiger partial charge in [0.2, 0.25) is 11.8 Å². The summed E-state index contributed by atoms with van der Waals surface area (Å²) >= 11 is 0. The lowest BCUT2D eigenvalue weighted by Gasteiger charge is -2.30. The molecule has 0 aliphatic rings. The second kappa shape index (κ2) is 10.4. The van der Waals surface area contributed by atoms with Crippen molar-refractivity contribution in [3.05, 3.63) is 71.8 Å². The van der Waals surface area contributed by atoms with E-state index in [-0.39, 0.29) is 11.8 Å². The summed E-state index contributed by atoms with van der Waals surface area (Å²) < 4.78 is 0. The number of rotatable bonds is 9. The topological polar surface area (TPSA) is 49.4 Å². The fraction of sp³-hybridized carbons (Fsp3) is 0.364. The van der Waals surface area contributed by atoms with Crippen LogP contribution < -0.4 is 5.32 Å². The minimum Gasteiger partial charge on any atom is -0.354 e. The molecule has 26 heavy (non-hydrogen) atoms. The summed E-state index contributed by atoms with van der Waals surface area (Å²) in [4.78, 5) is 27.4. The van der Waals surface area contributed by atoms with Crippen LogP contribution in [0, 0.1) is 0 Å². The number of nitrogens with zero attached hydrogens (tertiary/aromatic N) is 1. The molecule has 0 saturated carbocycles. The first-order chi connectivity index (χ1) is 12.7. The highest BCUT2D eigenvalue weighted by atomic mass is 16.2.